The molecule has 5 heteroatoms. The van der Waals surface area contributed by atoms with Crippen molar-refractivity contribution in [1.82, 2.24) is 10.3 Å². The summed E-state index contributed by atoms with van der Waals surface area (Å²) in [4.78, 5) is 4.37. The summed E-state index contributed by atoms with van der Waals surface area (Å²) < 4.78 is 11.7. The van der Waals surface area contributed by atoms with Gasteiger partial charge >= 0.3 is 0 Å². The first-order chi connectivity index (χ1) is 9.74. The monoisotopic (exact) mass is 334 g/mol. The highest BCUT2D eigenvalue weighted by Gasteiger charge is 2.17. The van der Waals surface area contributed by atoms with Crippen LogP contribution in [-0.2, 0) is 13.1 Å². The van der Waals surface area contributed by atoms with E-state index in [-0.39, 0.29) is 6.79 Å². The molecule has 0 atom stereocenters. The first kappa shape index (κ1) is 13.4. The summed E-state index contributed by atoms with van der Waals surface area (Å²) in [5.41, 5.74) is 3.42. The third kappa shape index (κ3) is 2.78. The molecule has 0 aliphatic carbocycles. The van der Waals surface area contributed by atoms with Gasteiger partial charge in [-0.05, 0) is 52.2 Å². The largest absolute Gasteiger partial charge is 0.454 e. The van der Waals surface area contributed by atoms with Gasteiger partial charge in [-0.25, -0.2) is 0 Å². The van der Waals surface area contributed by atoms with Gasteiger partial charge in [0.25, 0.3) is 0 Å². The van der Waals surface area contributed by atoms with E-state index in [2.05, 4.69) is 39.2 Å². The Bertz CT molecular complexity index is 631. The van der Waals surface area contributed by atoms with Gasteiger partial charge < -0.3 is 14.8 Å². The Morgan fingerprint density at radius 2 is 2.20 bits per heavy atom. The van der Waals surface area contributed by atoms with Gasteiger partial charge in [0, 0.05) is 19.3 Å². The normalized spacial score (nSPS) is 12.7. The fourth-order valence-electron chi connectivity index (χ4n) is 2.15. The zero-order chi connectivity index (χ0) is 13.9. The molecule has 20 heavy (non-hydrogen) atoms. The maximum Gasteiger partial charge on any atom is 0.231 e. The maximum atomic E-state index is 5.41. The number of rotatable bonds is 4. The molecule has 2 heterocycles. The molecular formula is C15H15BrN2O2. The Hall–Kier alpha value is -1.59. The molecule has 0 spiro atoms. The van der Waals surface area contributed by atoms with E-state index in [1.807, 2.05) is 24.4 Å². The number of halogens is 1. The van der Waals surface area contributed by atoms with Crippen LogP contribution < -0.4 is 14.8 Å². The Morgan fingerprint density at radius 3 is 3.05 bits per heavy atom. The Balaban J connectivity index is 1.65. The standard InChI is InChI=1S/C15H15BrN2O2/c1-10-3-2-4-18-13(10)8-17-7-11-5-12(16)15-14(6-11)19-9-20-15/h2-6,17H,7-9H2,1H3. The quantitative estimate of drug-likeness (QED) is 0.932. The maximum absolute atomic E-state index is 5.41. The van der Waals surface area contributed by atoms with Crippen LogP contribution in [-0.4, -0.2) is 11.8 Å². The van der Waals surface area contributed by atoms with Crippen LogP contribution in [0.25, 0.3) is 0 Å². The molecule has 3 rings (SSSR count). The first-order valence-corrected chi connectivity index (χ1v) is 7.22. The lowest BCUT2D eigenvalue weighted by atomic mass is 10.2. The van der Waals surface area contributed by atoms with Crippen molar-refractivity contribution in [2.75, 3.05) is 6.79 Å². The summed E-state index contributed by atoms with van der Waals surface area (Å²) in [6, 6.07) is 8.08. The van der Waals surface area contributed by atoms with Crippen molar-refractivity contribution in [2.24, 2.45) is 0 Å². The first-order valence-electron chi connectivity index (χ1n) is 6.43. The summed E-state index contributed by atoms with van der Waals surface area (Å²) >= 11 is 3.50. The Labute approximate surface area is 126 Å². The predicted octanol–water partition coefficient (Wildman–Crippen LogP) is 3.17. The van der Waals surface area contributed by atoms with Gasteiger partial charge in [-0.15, -0.1) is 0 Å². The molecule has 104 valence electrons. The number of ether oxygens (including phenoxy) is 2. The van der Waals surface area contributed by atoms with Crippen LogP contribution in [0.5, 0.6) is 11.5 Å². The molecular weight excluding hydrogens is 320 g/mol. The van der Waals surface area contributed by atoms with E-state index in [0.717, 1.165) is 40.3 Å². The minimum Gasteiger partial charge on any atom is -0.454 e. The van der Waals surface area contributed by atoms with Gasteiger partial charge in [0.05, 0.1) is 10.2 Å². The van der Waals surface area contributed by atoms with E-state index >= 15 is 0 Å². The zero-order valence-corrected chi connectivity index (χ0v) is 12.7. The molecule has 0 saturated carbocycles. The van der Waals surface area contributed by atoms with Crippen LogP contribution in [0.4, 0.5) is 0 Å². The van der Waals surface area contributed by atoms with Crippen LogP contribution >= 0.6 is 15.9 Å². The third-order valence-corrected chi connectivity index (χ3v) is 3.82. The van der Waals surface area contributed by atoms with E-state index < -0.39 is 0 Å². The van der Waals surface area contributed by atoms with Crippen molar-refractivity contribution in [2.45, 2.75) is 20.0 Å². The van der Waals surface area contributed by atoms with E-state index in [9.17, 15) is 0 Å². The number of hydrogen-bond donors (Lipinski definition) is 1. The molecule has 1 aliphatic rings. The van der Waals surface area contributed by atoms with E-state index in [4.69, 9.17) is 9.47 Å². The molecule has 0 amide bonds. The zero-order valence-electron chi connectivity index (χ0n) is 11.1. The Kier molecular flexibility index (Phi) is 3.89. The van der Waals surface area contributed by atoms with Gasteiger partial charge in [0.1, 0.15) is 0 Å². The second-order valence-electron chi connectivity index (χ2n) is 4.68. The van der Waals surface area contributed by atoms with E-state index in [0.29, 0.717) is 0 Å². The summed E-state index contributed by atoms with van der Waals surface area (Å²) in [6.07, 6.45) is 1.82. The van der Waals surface area contributed by atoms with Crippen molar-refractivity contribution in [3.05, 3.63) is 51.8 Å². The molecule has 2 aromatic rings. The smallest absolute Gasteiger partial charge is 0.231 e. The van der Waals surface area contributed by atoms with E-state index in [1.165, 1.54) is 5.56 Å². The summed E-state index contributed by atoms with van der Waals surface area (Å²) in [6.45, 7) is 3.86. The van der Waals surface area contributed by atoms with Gasteiger partial charge in [-0.2, -0.15) is 0 Å². The lowest BCUT2D eigenvalue weighted by Gasteiger charge is -2.08. The number of aryl methyl sites for hydroxylation is 1. The SMILES string of the molecule is Cc1cccnc1CNCc1cc(Br)c2c(c1)OCO2. The minimum absolute atomic E-state index is 0.290. The Morgan fingerprint density at radius 1 is 1.30 bits per heavy atom. The number of nitrogens with zero attached hydrogens (tertiary/aromatic N) is 1. The van der Waals surface area contributed by atoms with Crippen LogP contribution in [0.15, 0.2) is 34.9 Å². The highest BCUT2D eigenvalue weighted by molar-refractivity contribution is 9.10. The van der Waals surface area contributed by atoms with Crippen molar-refractivity contribution in [3.63, 3.8) is 0 Å². The fourth-order valence-corrected chi connectivity index (χ4v) is 2.76. The molecule has 0 unspecified atom stereocenters. The average Bonchev–Trinajstić information content (AvgIpc) is 2.90. The number of aromatic nitrogens is 1. The fraction of sp³-hybridized carbons (Fsp3) is 0.267. The second-order valence-corrected chi connectivity index (χ2v) is 5.54. The van der Waals surface area contributed by atoms with Crippen molar-refractivity contribution in [3.8, 4) is 11.5 Å². The van der Waals surface area contributed by atoms with Gasteiger partial charge in [0.2, 0.25) is 6.79 Å². The van der Waals surface area contributed by atoms with Gasteiger partial charge in [-0.3, -0.25) is 4.98 Å². The summed E-state index contributed by atoms with van der Waals surface area (Å²) in [5.74, 6) is 1.58. The molecule has 0 fully saturated rings. The van der Waals surface area contributed by atoms with Crippen molar-refractivity contribution >= 4 is 15.9 Å². The molecule has 0 bridgehead atoms. The minimum atomic E-state index is 0.290. The highest BCUT2D eigenvalue weighted by atomic mass is 79.9. The lowest BCUT2D eigenvalue weighted by molar-refractivity contribution is 0.173. The van der Waals surface area contributed by atoms with Gasteiger partial charge in [-0.1, -0.05) is 6.07 Å². The topological polar surface area (TPSA) is 43.4 Å². The van der Waals surface area contributed by atoms with Crippen LogP contribution in [0.2, 0.25) is 0 Å². The number of nitrogens with one attached hydrogen (secondary N) is 1. The summed E-state index contributed by atoms with van der Waals surface area (Å²) in [7, 11) is 0. The lowest BCUT2D eigenvalue weighted by Crippen LogP contribution is -2.14. The molecule has 1 aromatic heterocycles. The van der Waals surface area contributed by atoms with Gasteiger partial charge in [0.15, 0.2) is 11.5 Å². The number of benzene rings is 1. The van der Waals surface area contributed by atoms with E-state index in [1.54, 1.807) is 0 Å². The molecule has 0 saturated heterocycles. The summed E-state index contributed by atoms with van der Waals surface area (Å²) in [5, 5.41) is 3.40. The molecule has 0 radical (unpaired) electrons. The van der Waals surface area contributed by atoms with Crippen LogP contribution in [0.1, 0.15) is 16.8 Å². The van der Waals surface area contributed by atoms with Crippen molar-refractivity contribution in [1.29, 1.82) is 0 Å². The van der Waals surface area contributed by atoms with Crippen molar-refractivity contribution < 1.29 is 9.47 Å². The highest BCUT2D eigenvalue weighted by Crippen LogP contribution is 2.39. The average molecular weight is 335 g/mol. The molecule has 1 N–H and O–H groups in total. The third-order valence-electron chi connectivity index (χ3n) is 3.23. The van der Waals surface area contributed by atoms with Crippen LogP contribution in [0.3, 0.4) is 0 Å². The second kappa shape index (κ2) is 5.81. The van der Waals surface area contributed by atoms with Crippen LogP contribution in [0, 0.1) is 6.92 Å². The molecule has 1 aliphatic heterocycles. The number of pyridine rings is 1. The number of hydrogen-bond acceptors (Lipinski definition) is 4. The molecule has 1 aromatic carbocycles. The predicted molar refractivity (Wildman–Crippen MR) is 79.8 cm³/mol. The number of fused-ring (bicyclic) bond motifs is 1. The molecule has 4 nitrogen and oxygen atoms in total.